The minimum atomic E-state index is -1.46. The van der Waals surface area contributed by atoms with E-state index in [9.17, 15) is 10.2 Å². The summed E-state index contributed by atoms with van der Waals surface area (Å²) in [6.45, 7) is -0.661. The van der Waals surface area contributed by atoms with Gasteiger partial charge in [-0.1, -0.05) is 0 Å². The lowest BCUT2D eigenvalue weighted by molar-refractivity contribution is -0.389. The van der Waals surface area contributed by atoms with Gasteiger partial charge in [0.15, 0.2) is 6.29 Å². The minimum absolute atomic E-state index is 0.0344. The van der Waals surface area contributed by atoms with E-state index in [4.69, 9.17) is 42.6 Å². The molecule has 0 radical (unpaired) electrons. The molecule has 0 spiro atoms. The predicted molar refractivity (Wildman–Crippen MR) is 97.4 cm³/mol. The maximum atomic E-state index is 9.78. The Morgan fingerprint density at radius 1 is 0.724 bits per heavy atom. The van der Waals surface area contributed by atoms with E-state index in [2.05, 4.69) is 0 Å². The fourth-order valence-corrected chi connectivity index (χ4v) is 4.13. The Morgan fingerprint density at radius 3 is 1.76 bits per heavy atom. The number of methoxy groups -OCH3 is 6. The third-order valence-corrected chi connectivity index (χ3v) is 5.40. The summed E-state index contributed by atoms with van der Waals surface area (Å²) in [5, 5.41) is 19.5. The number of hydrogen-bond donors (Lipinski definition) is 2. The van der Waals surface area contributed by atoms with Crippen LogP contribution in [-0.2, 0) is 42.6 Å². The third-order valence-electron chi connectivity index (χ3n) is 5.40. The van der Waals surface area contributed by atoms with Crippen LogP contribution in [0.4, 0.5) is 0 Å². The second-order valence-electron chi connectivity index (χ2n) is 6.88. The molecule has 2 rings (SSSR count). The van der Waals surface area contributed by atoms with Gasteiger partial charge in [0.25, 0.3) is 0 Å². The van der Waals surface area contributed by atoms with Crippen molar-refractivity contribution in [3.05, 3.63) is 0 Å². The Morgan fingerprint density at radius 2 is 1.31 bits per heavy atom. The maximum absolute atomic E-state index is 9.78. The second-order valence-corrected chi connectivity index (χ2v) is 6.88. The molecule has 2 fully saturated rings. The standard InChI is InChI=1S/C18H34O11/c1-21-9-18(16(26-6)13(23-3)11(8-20)28-18)29-17-15(25-5)14(24-4)12(22-2)10(7-19)27-17/h10-17,19-20H,7-9H2,1-6H3/t10-,11-,12-,13-,14+,15-,16+,17-,18+/m1/s1. The lowest BCUT2D eigenvalue weighted by atomic mass is 9.98. The Labute approximate surface area is 171 Å². The van der Waals surface area contributed by atoms with Crippen LogP contribution in [0.2, 0.25) is 0 Å². The van der Waals surface area contributed by atoms with Crippen molar-refractivity contribution in [2.24, 2.45) is 0 Å². The lowest BCUT2D eigenvalue weighted by Crippen LogP contribution is -2.64. The highest BCUT2D eigenvalue weighted by molar-refractivity contribution is 5.01. The van der Waals surface area contributed by atoms with Gasteiger partial charge in [-0.05, 0) is 0 Å². The Kier molecular flexibility index (Phi) is 9.64. The molecule has 0 unspecified atom stereocenters. The normalized spacial score (nSPS) is 43.0. The summed E-state index contributed by atoms with van der Waals surface area (Å²) in [6.07, 6.45) is -5.67. The minimum Gasteiger partial charge on any atom is -0.394 e. The van der Waals surface area contributed by atoms with Crippen LogP contribution < -0.4 is 0 Å². The van der Waals surface area contributed by atoms with Crippen molar-refractivity contribution >= 4 is 0 Å². The average Bonchev–Trinajstić information content (AvgIpc) is 3.04. The summed E-state index contributed by atoms with van der Waals surface area (Å²) in [4.78, 5) is 0. The molecule has 172 valence electrons. The maximum Gasteiger partial charge on any atom is 0.224 e. The van der Waals surface area contributed by atoms with Gasteiger partial charge in [-0.15, -0.1) is 0 Å². The highest BCUT2D eigenvalue weighted by Gasteiger charge is 2.60. The zero-order valence-electron chi connectivity index (χ0n) is 17.8. The van der Waals surface area contributed by atoms with Crippen molar-refractivity contribution in [3.8, 4) is 0 Å². The molecule has 2 heterocycles. The average molecular weight is 426 g/mol. The molecule has 0 aromatic heterocycles. The molecule has 11 heteroatoms. The molecule has 0 saturated carbocycles. The van der Waals surface area contributed by atoms with Crippen LogP contribution in [0.1, 0.15) is 0 Å². The van der Waals surface area contributed by atoms with Gasteiger partial charge in [0, 0.05) is 42.7 Å². The summed E-state index contributed by atoms with van der Waals surface area (Å²) >= 11 is 0. The van der Waals surface area contributed by atoms with Crippen LogP contribution in [0.15, 0.2) is 0 Å². The molecule has 2 saturated heterocycles. The van der Waals surface area contributed by atoms with Crippen LogP contribution in [0.25, 0.3) is 0 Å². The van der Waals surface area contributed by atoms with Gasteiger partial charge in [0.1, 0.15) is 49.3 Å². The Balaban J connectivity index is 2.37. The van der Waals surface area contributed by atoms with E-state index in [0.717, 1.165) is 0 Å². The monoisotopic (exact) mass is 426 g/mol. The van der Waals surface area contributed by atoms with Crippen LogP contribution in [0, 0.1) is 0 Å². The predicted octanol–water partition coefficient (Wildman–Crippen LogP) is -1.47. The molecule has 0 aromatic rings. The Hall–Kier alpha value is -0.440. The molecular formula is C18H34O11. The van der Waals surface area contributed by atoms with Gasteiger partial charge >= 0.3 is 0 Å². The summed E-state index contributed by atoms with van der Waals surface area (Å²) in [5.41, 5.74) is 0. The second kappa shape index (κ2) is 11.3. The van der Waals surface area contributed by atoms with Gasteiger partial charge in [0.2, 0.25) is 5.79 Å². The van der Waals surface area contributed by atoms with Crippen molar-refractivity contribution in [1.29, 1.82) is 0 Å². The number of aliphatic hydroxyl groups excluding tert-OH is 2. The van der Waals surface area contributed by atoms with Crippen molar-refractivity contribution in [2.75, 3.05) is 62.5 Å². The molecule has 0 amide bonds. The summed E-state index contributed by atoms with van der Waals surface area (Å²) in [6, 6.07) is 0. The number of aliphatic hydroxyl groups is 2. The molecule has 0 aliphatic carbocycles. The lowest BCUT2D eigenvalue weighted by Gasteiger charge is -2.47. The van der Waals surface area contributed by atoms with Gasteiger partial charge in [-0.2, -0.15) is 0 Å². The number of ether oxygens (including phenoxy) is 9. The van der Waals surface area contributed by atoms with E-state index in [-0.39, 0.29) is 19.8 Å². The fourth-order valence-electron chi connectivity index (χ4n) is 4.13. The first kappa shape index (κ1) is 24.8. The highest BCUT2D eigenvalue weighted by atomic mass is 16.8. The van der Waals surface area contributed by atoms with Gasteiger partial charge < -0.3 is 52.8 Å². The number of hydrogen-bond acceptors (Lipinski definition) is 11. The molecule has 2 aliphatic heterocycles. The molecule has 0 bridgehead atoms. The fraction of sp³-hybridized carbons (Fsp3) is 1.00. The van der Waals surface area contributed by atoms with Crippen LogP contribution in [0.5, 0.6) is 0 Å². The summed E-state index contributed by atoms with van der Waals surface area (Å²) < 4.78 is 51.2. The van der Waals surface area contributed by atoms with E-state index in [1.807, 2.05) is 0 Å². The number of rotatable bonds is 11. The molecule has 0 aromatic carbocycles. The van der Waals surface area contributed by atoms with E-state index in [0.29, 0.717) is 0 Å². The summed E-state index contributed by atoms with van der Waals surface area (Å²) in [5.74, 6) is -1.46. The Bertz CT molecular complexity index is 481. The van der Waals surface area contributed by atoms with Gasteiger partial charge in [-0.25, -0.2) is 0 Å². The highest BCUT2D eigenvalue weighted by Crippen LogP contribution is 2.39. The topological polar surface area (TPSA) is 124 Å². The van der Waals surface area contributed by atoms with Crippen molar-refractivity contribution in [2.45, 2.75) is 54.8 Å². The third kappa shape index (κ3) is 4.75. The SMILES string of the molecule is COC[C@@]1(O[C@H]2O[C@H](CO)[C@@H](OC)[C@H](OC)[C@H]2OC)O[C@H](CO)[C@@H](OC)[C@@H]1OC. The first-order valence-corrected chi connectivity index (χ1v) is 9.36. The molecule has 29 heavy (non-hydrogen) atoms. The molecule has 2 N–H and O–H groups in total. The summed E-state index contributed by atoms with van der Waals surface area (Å²) in [7, 11) is 8.96. The molecular weight excluding hydrogens is 392 g/mol. The van der Waals surface area contributed by atoms with Gasteiger partial charge in [-0.3, -0.25) is 0 Å². The van der Waals surface area contributed by atoms with E-state index < -0.39 is 54.8 Å². The molecule has 11 nitrogen and oxygen atoms in total. The largest absolute Gasteiger partial charge is 0.394 e. The van der Waals surface area contributed by atoms with E-state index in [1.54, 1.807) is 0 Å². The smallest absolute Gasteiger partial charge is 0.224 e. The molecule has 9 atom stereocenters. The van der Waals surface area contributed by atoms with Crippen molar-refractivity contribution in [1.82, 2.24) is 0 Å². The zero-order chi connectivity index (χ0) is 21.6. The van der Waals surface area contributed by atoms with Crippen molar-refractivity contribution < 1.29 is 52.8 Å². The van der Waals surface area contributed by atoms with E-state index >= 15 is 0 Å². The van der Waals surface area contributed by atoms with Crippen molar-refractivity contribution in [3.63, 3.8) is 0 Å². The first-order chi connectivity index (χ1) is 14.0. The first-order valence-electron chi connectivity index (χ1n) is 9.36. The molecule has 2 aliphatic rings. The van der Waals surface area contributed by atoms with Crippen LogP contribution >= 0.6 is 0 Å². The van der Waals surface area contributed by atoms with E-state index in [1.165, 1.54) is 42.7 Å². The van der Waals surface area contributed by atoms with Crippen LogP contribution in [-0.4, -0.2) is 127 Å². The quantitative estimate of drug-likeness (QED) is 0.402. The zero-order valence-corrected chi connectivity index (χ0v) is 17.8. The van der Waals surface area contributed by atoms with Gasteiger partial charge in [0.05, 0.1) is 13.2 Å². The van der Waals surface area contributed by atoms with Crippen LogP contribution in [0.3, 0.4) is 0 Å².